The molecule has 0 amide bonds. The van der Waals surface area contributed by atoms with E-state index in [1.54, 1.807) is 19.2 Å². The molecule has 0 aliphatic carbocycles. The molecule has 0 aliphatic heterocycles. The molecule has 8 heteroatoms. The van der Waals surface area contributed by atoms with Crippen molar-refractivity contribution >= 4 is 31.7 Å². The third-order valence-corrected chi connectivity index (χ3v) is 4.36. The van der Waals surface area contributed by atoms with Crippen LogP contribution in [-0.4, -0.2) is 35.5 Å². The second-order valence-corrected chi connectivity index (χ2v) is 7.16. The number of aromatic nitrogens is 2. The second kappa shape index (κ2) is 5.02. The summed E-state index contributed by atoms with van der Waals surface area (Å²) in [6.07, 6.45) is 1.11. The summed E-state index contributed by atoms with van der Waals surface area (Å²) >= 11 is 3.28. The summed E-state index contributed by atoms with van der Waals surface area (Å²) in [5.41, 5.74) is 0.690. The third kappa shape index (κ3) is 2.75. The lowest BCUT2D eigenvalue weighted by atomic mass is 10.1. The Morgan fingerprint density at radius 2 is 2.00 bits per heavy atom. The summed E-state index contributed by atoms with van der Waals surface area (Å²) in [5, 5.41) is 12.8. The Bertz CT molecular complexity index is 796. The van der Waals surface area contributed by atoms with Crippen molar-refractivity contribution in [3.05, 3.63) is 34.4 Å². The number of rotatable bonds is 3. The van der Waals surface area contributed by atoms with Gasteiger partial charge in [-0.25, -0.2) is 13.2 Å². The Labute approximate surface area is 124 Å². The average molecular weight is 359 g/mol. The zero-order valence-corrected chi connectivity index (χ0v) is 13.1. The molecule has 0 radical (unpaired) electrons. The van der Waals surface area contributed by atoms with E-state index in [-0.39, 0.29) is 10.6 Å². The normalized spacial score (nSPS) is 11.6. The first-order chi connectivity index (χ1) is 9.20. The molecule has 1 heterocycles. The summed E-state index contributed by atoms with van der Waals surface area (Å²) in [6, 6.07) is 6.06. The number of aryl methyl sites for hydroxylation is 1. The lowest BCUT2D eigenvalue weighted by Gasteiger charge is -2.08. The van der Waals surface area contributed by atoms with E-state index in [2.05, 4.69) is 21.0 Å². The minimum atomic E-state index is -3.44. The molecule has 1 aromatic carbocycles. The van der Waals surface area contributed by atoms with Crippen molar-refractivity contribution in [3.8, 4) is 11.3 Å². The molecule has 0 fully saturated rings. The SMILES string of the molecule is Cn1nc(C(=O)O)cc1-c1cc(Br)ccc1S(C)(=O)=O. The van der Waals surface area contributed by atoms with Crippen LogP contribution in [0.5, 0.6) is 0 Å². The van der Waals surface area contributed by atoms with Gasteiger partial charge in [0.15, 0.2) is 15.5 Å². The Hall–Kier alpha value is -1.67. The van der Waals surface area contributed by atoms with E-state index in [0.29, 0.717) is 15.7 Å². The van der Waals surface area contributed by atoms with Crippen molar-refractivity contribution in [3.63, 3.8) is 0 Å². The van der Waals surface area contributed by atoms with Crippen molar-refractivity contribution in [2.75, 3.05) is 6.26 Å². The summed E-state index contributed by atoms with van der Waals surface area (Å²) < 4.78 is 25.7. The van der Waals surface area contributed by atoms with Gasteiger partial charge in [-0.05, 0) is 24.3 Å². The summed E-state index contributed by atoms with van der Waals surface area (Å²) in [4.78, 5) is 11.1. The molecule has 0 spiro atoms. The minimum Gasteiger partial charge on any atom is -0.476 e. The van der Waals surface area contributed by atoms with Crippen LogP contribution in [0.25, 0.3) is 11.3 Å². The molecule has 1 N–H and O–H groups in total. The molecule has 20 heavy (non-hydrogen) atoms. The van der Waals surface area contributed by atoms with E-state index in [4.69, 9.17) is 5.11 Å². The number of nitrogens with zero attached hydrogens (tertiary/aromatic N) is 2. The van der Waals surface area contributed by atoms with Crippen LogP contribution in [0.1, 0.15) is 10.5 Å². The molecule has 2 aromatic rings. The number of carbonyl (C=O) groups is 1. The van der Waals surface area contributed by atoms with Gasteiger partial charge in [-0.1, -0.05) is 15.9 Å². The predicted molar refractivity (Wildman–Crippen MR) is 76.4 cm³/mol. The molecule has 0 unspecified atom stereocenters. The molecule has 1 aromatic heterocycles. The van der Waals surface area contributed by atoms with Crippen molar-refractivity contribution in [2.45, 2.75) is 4.90 Å². The maximum atomic E-state index is 11.8. The monoisotopic (exact) mass is 358 g/mol. The van der Waals surface area contributed by atoms with Crippen LogP contribution in [-0.2, 0) is 16.9 Å². The van der Waals surface area contributed by atoms with Gasteiger partial charge in [0, 0.05) is 23.3 Å². The van der Waals surface area contributed by atoms with Gasteiger partial charge in [-0.15, -0.1) is 0 Å². The van der Waals surface area contributed by atoms with Gasteiger partial charge in [0.1, 0.15) is 0 Å². The highest BCUT2D eigenvalue weighted by atomic mass is 79.9. The Kier molecular flexibility index (Phi) is 3.70. The number of carboxylic acid groups (broad SMARTS) is 1. The fraction of sp³-hybridized carbons (Fsp3) is 0.167. The quantitative estimate of drug-likeness (QED) is 0.905. The van der Waals surface area contributed by atoms with Gasteiger partial charge in [0.25, 0.3) is 0 Å². The molecule has 0 aliphatic rings. The van der Waals surface area contributed by atoms with Gasteiger partial charge in [-0.2, -0.15) is 5.10 Å². The zero-order valence-electron chi connectivity index (χ0n) is 10.7. The lowest BCUT2D eigenvalue weighted by molar-refractivity contribution is 0.0689. The molecule has 0 atom stereocenters. The molecular weight excluding hydrogens is 348 g/mol. The van der Waals surface area contributed by atoms with E-state index in [1.165, 1.54) is 16.8 Å². The van der Waals surface area contributed by atoms with E-state index in [0.717, 1.165) is 6.26 Å². The number of halogens is 1. The molecule has 6 nitrogen and oxygen atoms in total. The van der Waals surface area contributed by atoms with E-state index >= 15 is 0 Å². The summed E-state index contributed by atoms with van der Waals surface area (Å²) in [6.45, 7) is 0. The molecule has 0 bridgehead atoms. The van der Waals surface area contributed by atoms with Crippen molar-refractivity contribution in [2.24, 2.45) is 7.05 Å². The number of hydrogen-bond donors (Lipinski definition) is 1. The Balaban J connectivity index is 2.75. The molecule has 106 valence electrons. The van der Waals surface area contributed by atoms with Crippen molar-refractivity contribution < 1.29 is 18.3 Å². The number of benzene rings is 1. The van der Waals surface area contributed by atoms with E-state index in [9.17, 15) is 13.2 Å². The Morgan fingerprint density at radius 3 is 2.50 bits per heavy atom. The van der Waals surface area contributed by atoms with Gasteiger partial charge in [-0.3, -0.25) is 4.68 Å². The highest BCUT2D eigenvalue weighted by Crippen LogP contribution is 2.30. The Morgan fingerprint density at radius 1 is 1.35 bits per heavy atom. The lowest BCUT2D eigenvalue weighted by Crippen LogP contribution is -2.03. The van der Waals surface area contributed by atoms with Crippen LogP contribution < -0.4 is 0 Å². The van der Waals surface area contributed by atoms with Crippen LogP contribution in [0.4, 0.5) is 0 Å². The van der Waals surface area contributed by atoms with Gasteiger partial charge in [0.05, 0.1) is 10.6 Å². The molecular formula is C12H11BrN2O4S. The van der Waals surface area contributed by atoms with Gasteiger partial charge < -0.3 is 5.11 Å². The first kappa shape index (κ1) is 14.7. The van der Waals surface area contributed by atoms with Gasteiger partial charge >= 0.3 is 5.97 Å². The van der Waals surface area contributed by atoms with Crippen LogP contribution in [0.2, 0.25) is 0 Å². The molecule has 0 saturated carbocycles. The highest BCUT2D eigenvalue weighted by molar-refractivity contribution is 9.10. The summed E-state index contributed by atoms with van der Waals surface area (Å²) in [7, 11) is -1.87. The highest BCUT2D eigenvalue weighted by Gasteiger charge is 2.20. The third-order valence-electron chi connectivity index (χ3n) is 2.72. The molecule has 2 rings (SSSR count). The van der Waals surface area contributed by atoms with Crippen LogP contribution in [0, 0.1) is 0 Å². The smallest absolute Gasteiger partial charge is 0.356 e. The second-order valence-electron chi connectivity index (χ2n) is 4.26. The first-order valence-corrected chi connectivity index (χ1v) is 8.16. The maximum Gasteiger partial charge on any atom is 0.356 e. The minimum absolute atomic E-state index is 0.126. The number of hydrogen-bond acceptors (Lipinski definition) is 4. The first-order valence-electron chi connectivity index (χ1n) is 5.47. The summed E-state index contributed by atoms with van der Waals surface area (Å²) in [5.74, 6) is -1.16. The standard InChI is InChI=1S/C12H11BrN2O4S/c1-15-10(6-9(14-15)12(16)17)8-5-7(13)3-4-11(8)20(2,18)19/h3-6H,1-2H3,(H,16,17). The van der Waals surface area contributed by atoms with E-state index in [1.807, 2.05) is 0 Å². The van der Waals surface area contributed by atoms with Crippen LogP contribution in [0.15, 0.2) is 33.6 Å². The molecule has 0 saturated heterocycles. The van der Waals surface area contributed by atoms with Crippen LogP contribution in [0.3, 0.4) is 0 Å². The van der Waals surface area contributed by atoms with Gasteiger partial charge in [0.2, 0.25) is 0 Å². The fourth-order valence-corrected chi connectivity index (χ4v) is 3.09. The van der Waals surface area contributed by atoms with Crippen molar-refractivity contribution in [1.82, 2.24) is 9.78 Å². The number of aromatic carboxylic acids is 1. The maximum absolute atomic E-state index is 11.8. The van der Waals surface area contributed by atoms with Crippen molar-refractivity contribution in [1.29, 1.82) is 0 Å². The van der Waals surface area contributed by atoms with Crippen LogP contribution >= 0.6 is 15.9 Å². The fourth-order valence-electron chi connectivity index (χ4n) is 1.85. The van der Waals surface area contributed by atoms with E-state index < -0.39 is 15.8 Å². The number of carboxylic acids is 1. The number of sulfone groups is 1. The topological polar surface area (TPSA) is 89.3 Å². The zero-order chi connectivity index (χ0) is 15.1. The largest absolute Gasteiger partial charge is 0.476 e. The predicted octanol–water partition coefficient (Wildman–Crippen LogP) is 1.95. The average Bonchev–Trinajstić information content (AvgIpc) is 2.69.